The number of hydrazine groups is 1. The first-order chi connectivity index (χ1) is 16.7. The molecular weight excluding hydrogens is 473 g/mol. The Hall–Kier alpha value is -3.92. The van der Waals surface area contributed by atoms with Crippen molar-refractivity contribution in [3.63, 3.8) is 0 Å². The highest BCUT2D eigenvalue weighted by molar-refractivity contribution is 7.17. The van der Waals surface area contributed by atoms with Gasteiger partial charge in [0.1, 0.15) is 23.4 Å². The number of halogens is 1. The Morgan fingerprint density at radius 2 is 1.49 bits per heavy atom. The fraction of sp³-hybridized carbons (Fsp3) is 0.240. The molecule has 3 amide bonds. The summed E-state index contributed by atoms with van der Waals surface area (Å²) in [7, 11) is 2.94. The van der Waals surface area contributed by atoms with E-state index < -0.39 is 23.8 Å². The van der Waals surface area contributed by atoms with E-state index in [-0.39, 0.29) is 17.3 Å². The third-order valence-electron chi connectivity index (χ3n) is 5.11. The summed E-state index contributed by atoms with van der Waals surface area (Å²) in [6, 6.07) is 13.1. The average molecular weight is 500 g/mol. The van der Waals surface area contributed by atoms with Crippen molar-refractivity contribution in [1.29, 1.82) is 0 Å². The molecule has 3 aromatic rings. The third-order valence-corrected chi connectivity index (χ3v) is 6.24. The summed E-state index contributed by atoms with van der Waals surface area (Å²) in [5.74, 6) is -1.33. The van der Waals surface area contributed by atoms with Crippen LogP contribution < -0.4 is 25.6 Å². The molecule has 1 atom stereocenters. The topological polar surface area (TPSA) is 106 Å². The number of hydrogen-bond donors (Lipinski definition) is 3. The molecule has 1 aromatic heterocycles. The lowest BCUT2D eigenvalue weighted by Gasteiger charge is -2.22. The molecule has 0 unspecified atom stereocenters. The molecule has 35 heavy (non-hydrogen) atoms. The first kappa shape index (κ1) is 25.7. The van der Waals surface area contributed by atoms with Gasteiger partial charge in [0.15, 0.2) is 0 Å². The number of amides is 3. The van der Waals surface area contributed by atoms with Gasteiger partial charge in [0.2, 0.25) is 0 Å². The third kappa shape index (κ3) is 6.57. The van der Waals surface area contributed by atoms with Crippen LogP contribution >= 0.6 is 11.3 Å². The van der Waals surface area contributed by atoms with Crippen LogP contribution in [0.4, 0.5) is 4.39 Å². The fourth-order valence-corrected chi connectivity index (χ4v) is 4.09. The Labute approximate surface area is 206 Å². The number of ether oxygens (including phenoxy) is 2. The van der Waals surface area contributed by atoms with Gasteiger partial charge in [-0.25, -0.2) is 4.39 Å². The van der Waals surface area contributed by atoms with E-state index in [0.717, 1.165) is 10.4 Å². The van der Waals surface area contributed by atoms with Gasteiger partial charge in [-0.3, -0.25) is 25.2 Å². The number of methoxy groups -OCH3 is 2. The molecule has 10 heteroatoms. The summed E-state index contributed by atoms with van der Waals surface area (Å²) in [4.78, 5) is 39.3. The number of hydrogen-bond acceptors (Lipinski definition) is 6. The van der Waals surface area contributed by atoms with E-state index in [4.69, 9.17) is 9.47 Å². The van der Waals surface area contributed by atoms with Crippen molar-refractivity contribution in [2.45, 2.75) is 19.9 Å². The van der Waals surface area contributed by atoms with Crippen LogP contribution in [0.3, 0.4) is 0 Å². The average Bonchev–Trinajstić information content (AvgIpc) is 3.35. The summed E-state index contributed by atoms with van der Waals surface area (Å²) in [5, 5.41) is 2.69. The van der Waals surface area contributed by atoms with Gasteiger partial charge < -0.3 is 14.8 Å². The van der Waals surface area contributed by atoms with Crippen LogP contribution in [0.2, 0.25) is 0 Å². The summed E-state index contributed by atoms with van der Waals surface area (Å²) in [6.45, 7) is 3.54. The molecule has 0 radical (unpaired) electrons. The zero-order chi connectivity index (χ0) is 25.5. The Morgan fingerprint density at radius 3 is 2.06 bits per heavy atom. The molecule has 0 aliphatic rings. The molecule has 3 rings (SSSR count). The molecule has 3 N–H and O–H groups in total. The second-order valence-corrected chi connectivity index (χ2v) is 8.99. The van der Waals surface area contributed by atoms with Gasteiger partial charge in [0, 0.05) is 16.5 Å². The number of carbonyl (C=O) groups excluding carboxylic acids is 3. The van der Waals surface area contributed by atoms with E-state index in [9.17, 15) is 18.8 Å². The Bertz CT molecular complexity index is 1190. The molecule has 0 aliphatic heterocycles. The number of thiophene rings is 1. The number of rotatable bonds is 8. The molecule has 2 aromatic carbocycles. The van der Waals surface area contributed by atoms with Crippen LogP contribution in [0, 0.1) is 11.7 Å². The van der Waals surface area contributed by atoms with Crippen LogP contribution in [-0.4, -0.2) is 38.0 Å². The molecule has 0 aliphatic carbocycles. The van der Waals surface area contributed by atoms with Gasteiger partial charge in [-0.2, -0.15) is 0 Å². The van der Waals surface area contributed by atoms with E-state index >= 15 is 0 Å². The fourth-order valence-electron chi connectivity index (χ4n) is 3.18. The Balaban J connectivity index is 1.63. The SMILES string of the molecule is COc1cc(OC)cc(C(=O)N[C@H](C(=O)NNC(=O)c2ccc(-c3ccc(F)cc3)s2)C(C)C)c1. The second-order valence-electron chi connectivity index (χ2n) is 7.91. The van der Waals surface area contributed by atoms with Crippen LogP contribution in [-0.2, 0) is 4.79 Å². The smallest absolute Gasteiger partial charge is 0.279 e. The summed E-state index contributed by atoms with van der Waals surface area (Å²) < 4.78 is 23.5. The summed E-state index contributed by atoms with van der Waals surface area (Å²) in [6.07, 6.45) is 0. The van der Waals surface area contributed by atoms with Crippen molar-refractivity contribution >= 4 is 29.1 Å². The number of carbonyl (C=O) groups is 3. The largest absolute Gasteiger partial charge is 0.497 e. The summed E-state index contributed by atoms with van der Waals surface area (Å²) >= 11 is 1.20. The van der Waals surface area contributed by atoms with Crippen molar-refractivity contribution in [3.05, 3.63) is 70.9 Å². The molecule has 8 nitrogen and oxygen atoms in total. The molecule has 1 heterocycles. The van der Waals surface area contributed by atoms with E-state index in [2.05, 4.69) is 16.2 Å². The van der Waals surface area contributed by atoms with Gasteiger partial charge in [0.25, 0.3) is 17.7 Å². The monoisotopic (exact) mass is 499 g/mol. The molecule has 0 fully saturated rings. The van der Waals surface area contributed by atoms with Gasteiger partial charge in [0.05, 0.1) is 19.1 Å². The zero-order valence-electron chi connectivity index (χ0n) is 19.7. The van der Waals surface area contributed by atoms with Crippen molar-refractivity contribution in [2.24, 2.45) is 5.92 Å². The highest BCUT2D eigenvalue weighted by Gasteiger charge is 2.26. The first-order valence-corrected chi connectivity index (χ1v) is 11.5. The molecule has 0 spiro atoms. The van der Waals surface area contributed by atoms with E-state index in [1.54, 1.807) is 44.2 Å². The molecule has 184 valence electrons. The number of benzene rings is 2. The van der Waals surface area contributed by atoms with Crippen molar-refractivity contribution in [1.82, 2.24) is 16.2 Å². The van der Waals surface area contributed by atoms with Gasteiger partial charge in [-0.15, -0.1) is 11.3 Å². The Kier molecular flexibility index (Phi) is 8.43. The van der Waals surface area contributed by atoms with E-state index in [1.165, 1.54) is 49.8 Å². The van der Waals surface area contributed by atoms with Crippen LogP contribution in [0.25, 0.3) is 10.4 Å². The van der Waals surface area contributed by atoms with Crippen molar-refractivity contribution in [2.75, 3.05) is 14.2 Å². The normalized spacial score (nSPS) is 11.5. The maximum atomic E-state index is 13.1. The minimum atomic E-state index is -0.918. The highest BCUT2D eigenvalue weighted by Crippen LogP contribution is 2.28. The van der Waals surface area contributed by atoms with Gasteiger partial charge in [-0.05, 0) is 47.9 Å². The van der Waals surface area contributed by atoms with Crippen LogP contribution in [0.5, 0.6) is 11.5 Å². The van der Waals surface area contributed by atoms with E-state index in [1.807, 2.05) is 0 Å². The predicted molar refractivity (Wildman–Crippen MR) is 131 cm³/mol. The molecule has 0 saturated heterocycles. The highest BCUT2D eigenvalue weighted by atomic mass is 32.1. The molecule has 0 saturated carbocycles. The second kappa shape index (κ2) is 11.5. The predicted octanol–water partition coefficient (Wildman–Crippen LogP) is 3.79. The standard InChI is InChI=1S/C25H26FN3O5S/c1-14(2)22(27-23(30)16-11-18(33-3)13-19(12-16)34-4)25(32)29-28-24(31)21-10-9-20(35-21)15-5-7-17(26)8-6-15/h5-14,22H,1-4H3,(H,27,30)(H,28,31)(H,29,32)/t22-/m0/s1. The minimum Gasteiger partial charge on any atom is -0.497 e. The molecule has 0 bridgehead atoms. The van der Waals surface area contributed by atoms with Crippen molar-refractivity contribution < 1.29 is 28.2 Å². The lowest BCUT2D eigenvalue weighted by molar-refractivity contribution is -0.124. The zero-order valence-corrected chi connectivity index (χ0v) is 20.5. The van der Waals surface area contributed by atoms with E-state index in [0.29, 0.717) is 16.4 Å². The number of nitrogens with one attached hydrogen (secondary N) is 3. The minimum absolute atomic E-state index is 0.260. The first-order valence-electron chi connectivity index (χ1n) is 10.7. The maximum Gasteiger partial charge on any atom is 0.279 e. The van der Waals surface area contributed by atoms with Gasteiger partial charge >= 0.3 is 0 Å². The van der Waals surface area contributed by atoms with Crippen LogP contribution in [0.1, 0.15) is 33.9 Å². The lowest BCUT2D eigenvalue weighted by atomic mass is 10.0. The maximum absolute atomic E-state index is 13.1. The quantitative estimate of drug-likeness (QED) is 0.409. The van der Waals surface area contributed by atoms with Gasteiger partial charge in [-0.1, -0.05) is 26.0 Å². The lowest BCUT2D eigenvalue weighted by Crippen LogP contribution is -2.54. The van der Waals surface area contributed by atoms with Crippen molar-refractivity contribution in [3.8, 4) is 21.9 Å². The Morgan fingerprint density at radius 1 is 0.857 bits per heavy atom. The molecular formula is C25H26FN3O5S. The van der Waals surface area contributed by atoms with Crippen LogP contribution in [0.15, 0.2) is 54.6 Å². The summed E-state index contributed by atoms with van der Waals surface area (Å²) in [5.41, 5.74) is 5.79.